The lowest BCUT2D eigenvalue weighted by Crippen LogP contribution is -2.32. The molecule has 126 valence electrons. The van der Waals surface area contributed by atoms with Gasteiger partial charge in [0.1, 0.15) is 5.58 Å². The van der Waals surface area contributed by atoms with Crippen LogP contribution in [-0.4, -0.2) is 29.4 Å². The summed E-state index contributed by atoms with van der Waals surface area (Å²) in [5.74, 6) is -2.07. The van der Waals surface area contributed by atoms with Gasteiger partial charge < -0.3 is 20.2 Å². The van der Waals surface area contributed by atoms with Crippen molar-refractivity contribution in [1.82, 2.24) is 5.32 Å². The minimum Gasteiger partial charge on any atom is -0.475 e. The van der Waals surface area contributed by atoms with Crippen LogP contribution in [0.2, 0.25) is 0 Å². The van der Waals surface area contributed by atoms with Gasteiger partial charge in [0.25, 0.3) is 5.91 Å². The van der Waals surface area contributed by atoms with E-state index < -0.39 is 11.9 Å². The first-order valence-electron chi connectivity index (χ1n) is 7.43. The largest absolute Gasteiger partial charge is 0.475 e. The fraction of sp³-hybridized carbons (Fsp3) is 0.0556. The highest BCUT2D eigenvalue weighted by molar-refractivity contribution is 6.00. The lowest BCUT2D eigenvalue weighted by molar-refractivity contribution is -0.115. The van der Waals surface area contributed by atoms with Crippen LogP contribution in [0.4, 0.5) is 5.69 Å². The highest BCUT2D eigenvalue weighted by atomic mass is 16.4. The van der Waals surface area contributed by atoms with E-state index in [9.17, 15) is 14.4 Å². The Labute approximate surface area is 142 Å². The molecule has 0 unspecified atom stereocenters. The predicted octanol–water partition coefficient (Wildman–Crippen LogP) is 2.50. The zero-order valence-corrected chi connectivity index (χ0v) is 13.0. The average molecular weight is 338 g/mol. The van der Waals surface area contributed by atoms with E-state index in [1.165, 1.54) is 6.07 Å². The SMILES string of the molecule is O=C(CNC(=O)c1ccccc1)Nc1ccc2oc(C(=O)O)cc2c1. The van der Waals surface area contributed by atoms with Crippen molar-refractivity contribution in [3.63, 3.8) is 0 Å². The van der Waals surface area contributed by atoms with E-state index in [1.54, 1.807) is 48.5 Å². The first kappa shape index (κ1) is 16.3. The van der Waals surface area contributed by atoms with Crippen LogP contribution in [0.1, 0.15) is 20.9 Å². The van der Waals surface area contributed by atoms with Gasteiger partial charge in [0, 0.05) is 16.6 Å². The summed E-state index contributed by atoms with van der Waals surface area (Å²) in [6.45, 7) is -0.183. The molecular weight excluding hydrogens is 324 g/mol. The smallest absolute Gasteiger partial charge is 0.371 e. The number of furan rings is 1. The lowest BCUT2D eigenvalue weighted by atomic mass is 10.2. The van der Waals surface area contributed by atoms with Crippen molar-refractivity contribution >= 4 is 34.4 Å². The average Bonchev–Trinajstić information content (AvgIpc) is 3.04. The van der Waals surface area contributed by atoms with Gasteiger partial charge >= 0.3 is 5.97 Å². The molecule has 1 aromatic heterocycles. The highest BCUT2D eigenvalue weighted by Crippen LogP contribution is 2.23. The van der Waals surface area contributed by atoms with Crippen LogP contribution in [0.3, 0.4) is 0 Å². The Balaban J connectivity index is 1.61. The quantitative estimate of drug-likeness (QED) is 0.662. The zero-order valence-electron chi connectivity index (χ0n) is 13.0. The van der Waals surface area contributed by atoms with Crippen molar-refractivity contribution in [2.45, 2.75) is 0 Å². The van der Waals surface area contributed by atoms with Gasteiger partial charge in [0.15, 0.2) is 0 Å². The van der Waals surface area contributed by atoms with Gasteiger partial charge in [-0.3, -0.25) is 9.59 Å². The summed E-state index contributed by atoms with van der Waals surface area (Å²) in [6, 6.07) is 14.7. The number of carboxylic acids is 1. The number of carbonyl (C=O) groups is 3. The second kappa shape index (κ2) is 6.88. The van der Waals surface area contributed by atoms with E-state index in [2.05, 4.69) is 10.6 Å². The maximum Gasteiger partial charge on any atom is 0.371 e. The normalized spacial score (nSPS) is 10.4. The monoisotopic (exact) mass is 338 g/mol. The molecule has 3 N–H and O–H groups in total. The molecule has 0 saturated carbocycles. The second-order valence-electron chi connectivity index (χ2n) is 5.27. The third kappa shape index (κ3) is 3.84. The van der Waals surface area contributed by atoms with Crippen LogP contribution < -0.4 is 10.6 Å². The molecule has 0 fully saturated rings. The summed E-state index contributed by atoms with van der Waals surface area (Å²) in [7, 11) is 0. The van der Waals surface area contributed by atoms with Gasteiger partial charge in [0.05, 0.1) is 6.54 Å². The van der Waals surface area contributed by atoms with Crippen LogP contribution in [0, 0.1) is 0 Å². The lowest BCUT2D eigenvalue weighted by Gasteiger charge is -2.07. The number of rotatable bonds is 5. The molecule has 7 heteroatoms. The van der Waals surface area contributed by atoms with Crippen molar-refractivity contribution in [3.05, 3.63) is 65.9 Å². The number of nitrogens with one attached hydrogen (secondary N) is 2. The zero-order chi connectivity index (χ0) is 17.8. The maximum absolute atomic E-state index is 12.0. The molecule has 3 rings (SSSR count). The number of fused-ring (bicyclic) bond motifs is 1. The molecule has 0 radical (unpaired) electrons. The molecule has 1 heterocycles. The molecule has 7 nitrogen and oxygen atoms in total. The highest BCUT2D eigenvalue weighted by Gasteiger charge is 2.12. The summed E-state index contributed by atoms with van der Waals surface area (Å²) in [6.07, 6.45) is 0. The van der Waals surface area contributed by atoms with Gasteiger partial charge in [-0.1, -0.05) is 18.2 Å². The summed E-state index contributed by atoms with van der Waals surface area (Å²) < 4.78 is 5.15. The first-order chi connectivity index (χ1) is 12.0. The summed E-state index contributed by atoms with van der Waals surface area (Å²) in [4.78, 5) is 34.7. The molecule has 0 aliphatic heterocycles. The number of carboxylic acid groups (broad SMARTS) is 1. The fourth-order valence-electron chi connectivity index (χ4n) is 2.28. The summed E-state index contributed by atoms with van der Waals surface area (Å²) >= 11 is 0. The van der Waals surface area contributed by atoms with E-state index in [4.69, 9.17) is 9.52 Å². The fourth-order valence-corrected chi connectivity index (χ4v) is 2.28. The van der Waals surface area contributed by atoms with E-state index in [0.29, 0.717) is 22.2 Å². The van der Waals surface area contributed by atoms with Gasteiger partial charge in [-0.05, 0) is 36.4 Å². The van der Waals surface area contributed by atoms with Gasteiger partial charge in [0.2, 0.25) is 11.7 Å². The molecule has 2 aromatic carbocycles. The second-order valence-corrected chi connectivity index (χ2v) is 5.27. The molecule has 0 bridgehead atoms. The molecule has 0 aliphatic carbocycles. The van der Waals surface area contributed by atoms with Crippen molar-refractivity contribution in [2.24, 2.45) is 0 Å². The van der Waals surface area contributed by atoms with Crippen LogP contribution in [0.5, 0.6) is 0 Å². The Bertz CT molecular complexity index is 947. The van der Waals surface area contributed by atoms with Crippen LogP contribution in [-0.2, 0) is 4.79 Å². The molecular formula is C18H14N2O5. The molecule has 0 saturated heterocycles. The molecule has 0 atom stereocenters. The Morgan fingerprint density at radius 1 is 1.00 bits per heavy atom. The van der Waals surface area contributed by atoms with Crippen molar-refractivity contribution in [3.8, 4) is 0 Å². The Morgan fingerprint density at radius 3 is 2.48 bits per heavy atom. The van der Waals surface area contributed by atoms with Crippen molar-refractivity contribution < 1.29 is 23.9 Å². The van der Waals surface area contributed by atoms with Crippen LogP contribution in [0.25, 0.3) is 11.0 Å². The van der Waals surface area contributed by atoms with Gasteiger partial charge in [-0.15, -0.1) is 0 Å². The van der Waals surface area contributed by atoms with Gasteiger partial charge in [-0.2, -0.15) is 0 Å². The third-order valence-corrected chi connectivity index (χ3v) is 3.46. The summed E-state index contributed by atoms with van der Waals surface area (Å²) in [5.41, 5.74) is 1.35. The number of hydrogen-bond acceptors (Lipinski definition) is 4. The van der Waals surface area contributed by atoms with Crippen molar-refractivity contribution in [1.29, 1.82) is 0 Å². The number of anilines is 1. The Hall–Kier alpha value is -3.61. The number of amides is 2. The maximum atomic E-state index is 12.0. The molecule has 0 aliphatic rings. The Morgan fingerprint density at radius 2 is 1.76 bits per heavy atom. The standard InChI is InChI=1S/C18H14N2O5/c21-16(10-19-17(22)11-4-2-1-3-5-11)20-13-6-7-14-12(8-13)9-15(25-14)18(23)24/h1-9H,10H2,(H,19,22)(H,20,21)(H,23,24). The van der Waals surface area contributed by atoms with Crippen LogP contribution in [0.15, 0.2) is 59.0 Å². The molecule has 3 aromatic rings. The molecule has 25 heavy (non-hydrogen) atoms. The first-order valence-corrected chi connectivity index (χ1v) is 7.43. The third-order valence-electron chi connectivity index (χ3n) is 3.46. The summed E-state index contributed by atoms with van der Waals surface area (Å²) in [5, 5.41) is 14.6. The number of hydrogen-bond donors (Lipinski definition) is 3. The number of aromatic carboxylic acids is 1. The van der Waals surface area contributed by atoms with E-state index in [1.807, 2.05) is 0 Å². The van der Waals surface area contributed by atoms with Crippen LogP contribution >= 0.6 is 0 Å². The minimum absolute atomic E-state index is 0.173. The van der Waals surface area contributed by atoms with Gasteiger partial charge in [-0.25, -0.2) is 4.79 Å². The Kier molecular flexibility index (Phi) is 4.47. The molecule has 2 amide bonds. The number of benzene rings is 2. The minimum atomic E-state index is -1.16. The van der Waals surface area contributed by atoms with E-state index in [-0.39, 0.29) is 18.2 Å². The predicted molar refractivity (Wildman–Crippen MR) is 90.6 cm³/mol. The topological polar surface area (TPSA) is 109 Å². The van der Waals surface area contributed by atoms with Crippen molar-refractivity contribution in [2.75, 3.05) is 11.9 Å². The molecule has 0 spiro atoms. The van der Waals surface area contributed by atoms with E-state index >= 15 is 0 Å². The van der Waals surface area contributed by atoms with E-state index in [0.717, 1.165) is 0 Å². The number of carbonyl (C=O) groups excluding carboxylic acids is 2.